The highest BCUT2D eigenvalue weighted by molar-refractivity contribution is 6.02. The predicted molar refractivity (Wildman–Crippen MR) is 109 cm³/mol. The fourth-order valence-corrected chi connectivity index (χ4v) is 3.85. The van der Waals surface area contributed by atoms with Crippen molar-refractivity contribution in [1.29, 1.82) is 5.26 Å². The smallest absolute Gasteiger partial charge is 0.131 e. The predicted octanol–water partition coefficient (Wildman–Crippen LogP) is 3.24. The van der Waals surface area contributed by atoms with Gasteiger partial charge in [0.15, 0.2) is 0 Å². The van der Waals surface area contributed by atoms with E-state index in [9.17, 15) is 5.26 Å². The summed E-state index contributed by atoms with van der Waals surface area (Å²) in [6.45, 7) is 3.27. The van der Waals surface area contributed by atoms with Crippen molar-refractivity contribution in [3.63, 3.8) is 0 Å². The van der Waals surface area contributed by atoms with E-state index >= 15 is 0 Å². The third-order valence-electron chi connectivity index (χ3n) is 5.08. The Labute approximate surface area is 163 Å². The maximum atomic E-state index is 9.35. The molecular formula is C21H22N6O. The van der Waals surface area contributed by atoms with Crippen LogP contribution in [0.2, 0.25) is 0 Å². The minimum absolute atomic E-state index is 0.190. The Morgan fingerprint density at radius 1 is 1.43 bits per heavy atom. The first-order chi connectivity index (χ1) is 13.7. The third kappa shape index (κ3) is 3.35. The molecule has 1 aromatic carbocycles. The van der Waals surface area contributed by atoms with Crippen LogP contribution >= 0.6 is 0 Å². The van der Waals surface area contributed by atoms with Crippen LogP contribution in [0, 0.1) is 11.3 Å². The number of aromatic nitrogens is 3. The molecule has 2 N–H and O–H groups in total. The van der Waals surface area contributed by atoms with Gasteiger partial charge < -0.3 is 15.0 Å². The van der Waals surface area contributed by atoms with E-state index in [-0.39, 0.29) is 12.1 Å². The number of benzene rings is 1. The second-order valence-electron chi connectivity index (χ2n) is 6.97. The monoisotopic (exact) mass is 374 g/mol. The molecule has 0 spiro atoms. The molecule has 1 unspecified atom stereocenters. The van der Waals surface area contributed by atoms with Gasteiger partial charge in [-0.2, -0.15) is 5.26 Å². The number of ether oxygens (including phenoxy) is 1. The molecule has 0 aliphatic carbocycles. The number of imidazole rings is 1. The van der Waals surface area contributed by atoms with Gasteiger partial charge in [0.2, 0.25) is 0 Å². The number of fused-ring (bicyclic) bond motifs is 3. The van der Waals surface area contributed by atoms with Crippen molar-refractivity contribution in [3.8, 4) is 6.07 Å². The van der Waals surface area contributed by atoms with Crippen LogP contribution in [0.25, 0.3) is 21.9 Å². The first-order valence-electron chi connectivity index (χ1n) is 9.39. The van der Waals surface area contributed by atoms with Crippen molar-refractivity contribution in [2.45, 2.75) is 38.5 Å². The fraction of sp³-hybridized carbons (Fsp3) is 0.333. The number of hydrogen-bond acceptors (Lipinski definition) is 6. The van der Waals surface area contributed by atoms with Crippen LogP contribution in [0.3, 0.4) is 0 Å². The summed E-state index contributed by atoms with van der Waals surface area (Å²) < 4.78 is 8.03. The van der Waals surface area contributed by atoms with Crippen LogP contribution in [0.1, 0.15) is 37.2 Å². The molecule has 2 atom stereocenters. The number of nitrogens with zero attached hydrogens (tertiary/aromatic N) is 5. The Morgan fingerprint density at radius 3 is 3.11 bits per heavy atom. The maximum Gasteiger partial charge on any atom is 0.131 e. The summed E-state index contributed by atoms with van der Waals surface area (Å²) in [7, 11) is 0. The van der Waals surface area contributed by atoms with Gasteiger partial charge in [0, 0.05) is 24.2 Å². The van der Waals surface area contributed by atoms with Crippen LogP contribution in [0.15, 0.2) is 41.7 Å². The molecule has 28 heavy (non-hydrogen) atoms. The zero-order chi connectivity index (χ0) is 19.5. The summed E-state index contributed by atoms with van der Waals surface area (Å²) in [4.78, 5) is 13.8. The van der Waals surface area contributed by atoms with E-state index < -0.39 is 0 Å². The number of rotatable bonds is 4. The molecule has 1 aliphatic rings. The standard InChI is InChI=1S/C21H22N6O/c1-14-9-16(5-8-28-14)27-20(13-24-7-2-6-22)26-19-12-25-18-4-3-15(11-23)10-17(18)21(19)27/h2-4,6-7,10,12,14,16H,5,8-9,13,22H2,1H3/t14-,16?/m1/s1. The first kappa shape index (κ1) is 18.1. The van der Waals surface area contributed by atoms with Gasteiger partial charge in [0.25, 0.3) is 0 Å². The Morgan fingerprint density at radius 2 is 2.32 bits per heavy atom. The zero-order valence-corrected chi connectivity index (χ0v) is 15.7. The fourth-order valence-electron chi connectivity index (χ4n) is 3.85. The number of nitrogens with two attached hydrogens (primary N) is 1. The molecule has 0 bridgehead atoms. The molecule has 0 amide bonds. The number of aliphatic imine (C=N–C) groups is 1. The lowest BCUT2D eigenvalue weighted by molar-refractivity contribution is 0.00627. The highest BCUT2D eigenvalue weighted by atomic mass is 16.5. The second-order valence-corrected chi connectivity index (χ2v) is 6.97. The summed E-state index contributed by atoms with van der Waals surface area (Å²) in [5.74, 6) is 0.882. The van der Waals surface area contributed by atoms with Gasteiger partial charge in [-0.1, -0.05) is 0 Å². The van der Waals surface area contributed by atoms with Gasteiger partial charge in [0.1, 0.15) is 11.3 Å². The molecule has 7 nitrogen and oxygen atoms in total. The van der Waals surface area contributed by atoms with Crippen LogP contribution < -0.4 is 5.73 Å². The van der Waals surface area contributed by atoms with Gasteiger partial charge >= 0.3 is 0 Å². The van der Waals surface area contributed by atoms with E-state index in [0.717, 1.165) is 47.2 Å². The first-order valence-corrected chi connectivity index (χ1v) is 9.39. The molecule has 1 fully saturated rings. The topological polar surface area (TPSA) is 102 Å². The molecule has 142 valence electrons. The van der Waals surface area contributed by atoms with Crippen molar-refractivity contribution < 1.29 is 4.74 Å². The van der Waals surface area contributed by atoms with Crippen molar-refractivity contribution >= 4 is 28.2 Å². The highest BCUT2D eigenvalue weighted by Crippen LogP contribution is 2.34. The van der Waals surface area contributed by atoms with E-state index in [1.54, 1.807) is 24.6 Å². The van der Waals surface area contributed by atoms with E-state index in [1.807, 2.05) is 12.1 Å². The molecule has 3 heterocycles. The lowest BCUT2D eigenvalue weighted by Gasteiger charge is -2.30. The summed E-state index contributed by atoms with van der Waals surface area (Å²) in [5, 5.41) is 10.3. The number of hydrogen-bond donors (Lipinski definition) is 1. The minimum Gasteiger partial charge on any atom is -0.405 e. The molecule has 4 rings (SSSR count). The summed E-state index contributed by atoms with van der Waals surface area (Å²) in [6.07, 6.45) is 8.64. The quantitative estimate of drug-likeness (QED) is 0.706. The lowest BCUT2D eigenvalue weighted by Crippen LogP contribution is -2.26. The molecule has 2 aromatic heterocycles. The van der Waals surface area contributed by atoms with Gasteiger partial charge in [0.05, 0.1) is 41.5 Å². The molecular weight excluding hydrogens is 352 g/mol. The third-order valence-corrected chi connectivity index (χ3v) is 5.08. The molecule has 0 radical (unpaired) electrons. The van der Waals surface area contributed by atoms with Gasteiger partial charge in [-0.15, -0.1) is 0 Å². The number of allylic oxidation sites excluding steroid dienone is 1. The summed E-state index contributed by atoms with van der Waals surface area (Å²) in [5.41, 5.74) is 8.68. The molecule has 0 saturated carbocycles. The molecule has 1 saturated heterocycles. The lowest BCUT2D eigenvalue weighted by atomic mass is 10.0. The van der Waals surface area contributed by atoms with Crippen molar-refractivity contribution in [3.05, 3.63) is 48.1 Å². The van der Waals surface area contributed by atoms with Crippen LogP contribution in [-0.4, -0.2) is 33.5 Å². The van der Waals surface area contributed by atoms with E-state index in [4.69, 9.17) is 15.5 Å². The van der Waals surface area contributed by atoms with E-state index in [1.165, 1.54) is 6.20 Å². The average molecular weight is 374 g/mol. The van der Waals surface area contributed by atoms with Crippen LogP contribution in [0.5, 0.6) is 0 Å². The van der Waals surface area contributed by atoms with Crippen LogP contribution in [0.4, 0.5) is 0 Å². The van der Waals surface area contributed by atoms with Crippen molar-refractivity contribution in [2.75, 3.05) is 6.61 Å². The van der Waals surface area contributed by atoms with Gasteiger partial charge in [-0.3, -0.25) is 9.98 Å². The van der Waals surface area contributed by atoms with Crippen molar-refractivity contribution in [2.24, 2.45) is 10.7 Å². The number of pyridine rings is 1. The Balaban J connectivity index is 1.93. The Hall–Kier alpha value is -3.24. The zero-order valence-electron chi connectivity index (χ0n) is 15.7. The minimum atomic E-state index is 0.190. The normalized spacial score (nSPS) is 20.4. The Kier molecular flexibility index (Phi) is 5.04. The van der Waals surface area contributed by atoms with Gasteiger partial charge in [-0.25, -0.2) is 4.98 Å². The second kappa shape index (κ2) is 7.79. The van der Waals surface area contributed by atoms with E-state index in [2.05, 4.69) is 27.5 Å². The highest BCUT2D eigenvalue weighted by Gasteiger charge is 2.26. The molecule has 3 aromatic rings. The summed E-state index contributed by atoms with van der Waals surface area (Å²) >= 11 is 0. The molecule has 7 heteroatoms. The van der Waals surface area contributed by atoms with Gasteiger partial charge in [-0.05, 0) is 50.2 Å². The largest absolute Gasteiger partial charge is 0.405 e. The van der Waals surface area contributed by atoms with Crippen LogP contribution in [-0.2, 0) is 11.3 Å². The summed E-state index contributed by atoms with van der Waals surface area (Å²) in [6, 6.07) is 8.07. The van der Waals surface area contributed by atoms with E-state index in [0.29, 0.717) is 12.1 Å². The number of nitriles is 1. The Bertz CT molecular complexity index is 1110. The molecule has 1 aliphatic heterocycles. The van der Waals surface area contributed by atoms with Crippen molar-refractivity contribution in [1.82, 2.24) is 14.5 Å². The average Bonchev–Trinajstić information content (AvgIpc) is 3.09. The SMILES string of the molecule is C[C@@H]1CC(n2c(CN=CC=CN)nc3cnc4ccc(C#N)cc4c32)CCO1. The maximum absolute atomic E-state index is 9.35.